The Morgan fingerprint density at radius 1 is 1.00 bits per heavy atom. The van der Waals surface area contributed by atoms with Gasteiger partial charge in [0.05, 0.1) is 0 Å². The minimum atomic E-state index is 0. The molecule has 0 unspecified atom stereocenters. The number of rotatable bonds is 0. The van der Waals surface area contributed by atoms with Crippen LogP contribution in [-0.2, 0) is 12.6 Å². The largest absolute Gasteiger partial charge is 1.00 e. The quantitative estimate of drug-likeness (QED) is 0.365. The molecule has 0 saturated heterocycles. The van der Waals surface area contributed by atoms with Gasteiger partial charge in [0.2, 0.25) is 0 Å². The second-order valence-electron chi connectivity index (χ2n) is 0. The minimum absolute atomic E-state index is 0. The Labute approximate surface area is 130 Å². The first-order valence-corrected chi connectivity index (χ1v) is 1.22. The monoisotopic (exact) mass is 217 g/mol. The van der Waals surface area contributed by atoms with Crippen molar-refractivity contribution in [2.24, 2.45) is 0 Å². The van der Waals surface area contributed by atoms with E-state index in [-0.39, 0.29) is 116 Å². The standard InChI is InChI=1S/CH4S.2Rb/c1-2;;/h2H,1H3;;/q;2*+1/p-1. The van der Waals surface area contributed by atoms with Gasteiger partial charge in [-0.1, -0.05) is 0 Å². The van der Waals surface area contributed by atoms with Gasteiger partial charge in [0.15, 0.2) is 0 Å². The van der Waals surface area contributed by atoms with Crippen molar-refractivity contribution in [2.45, 2.75) is 0 Å². The van der Waals surface area contributed by atoms with Gasteiger partial charge in [0.1, 0.15) is 0 Å². The van der Waals surface area contributed by atoms with Gasteiger partial charge in [-0.05, 0) is 0 Å². The summed E-state index contributed by atoms with van der Waals surface area (Å²) in [6.45, 7) is 0. The summed E-state index contributed by atoms with van der Waals surface area (Å²) in [5, 5.41) is 0. The zero-order valence-corrected chi connectivity index (χ0v) is 14.1. The zero-order valence-electron chi connectivity index (χ0n) is 3.41. The summed E-state index contributed by atoms with van der Waals surface area (Å²) in [5.74, 6) is 0. The molecule has 0 aliphatic carbocycles. The third kappa shape index (κ3) is 9.35. The van der Waals surface area contributed by atoms with Gasteiger partial charge >= 0.3 is 116 Å². The van der Waals surface area contributed by atoms with Crippen molar-refractivity contribution in [1.29, 1.82) is 0 Å². The van der Waals surface area contributed by atoms with Crippen molar-refractivity contribution >= 4 is 12.6 Å². The van der Waals surface area contributed by atoms with Crippen molar-refractivity contribution in [3.05, 3.63) is 0 Å². The van der Waals surface area contributed by atoms with Crippen LogP contribution in [0.1, 0.15) is 0 Å². The van der Waals surface area contributed by atoms with Crippen LogP contribution in [0.2, 0.25) is 0 Å². The molecule has 4 heavy (non-hydrogen) atoms. The second kappa shape index (κ2) is 15.8. The second-order valence-corrected chi connectivity index (χ2v) is 0. The fourth-order valence-electron chi connectivity index (χ4n) is 0. The molecule has 0 aromatic rings. The molecule has 0 aromatic heterocycles. The van der Waals surface area contributed by atoms with E-state index in [0.29, 0.717) is 0 Å². The van der Waals surface area contributed by atoms with Crippen LogP contribution in [0.15, 0.2) is 0 Å². The molecule has 3 heteroatoms. The summed E-state index contributed by atoms with van der Waals surface area (Å²) in [6.07, 6.45) is 1.58. The average molecular weight is 218 g/mol. The summed E-state index contributed by atoms with van der Waals surface area (Å²) in [4.78, 5) is 0. The maximum atomic E-state index is 4.08. The van der Waals surface area contributed by atoms with Crippen LogP contribution in [0.5, 0.6) is 0 Å². The molecular formula is CH3Rb2S+. The SMILES string of the molecule is C[S-].[Rb+].[Rb+]. The molecule has 0 saturated carbocycles. The van der Waals surface area contributed by atoms with E-state index in [9.17, 15) is 0 Å². The molecule has 0 aliphatic heterocycles. The van der Waals surface area contributed by atoms with Crippen molar-refractivity contribution in [3.63, 3.8) is 0 Å². The van der Waals surface area contributed by atoms with Gasteiger partial charge in [0.25, 0.3) is 0 Å². The molecular weight excluding hydrogens is 215 g/mol. The van der Waals surface area contributed by atoms with E-state index in [1.54, 1.807) is 6.26 Å². The predicted molar refractivity (Wildman–Crippen MR) is 13.3 cm³/mol. The molecule has 0 fully saturated rings. The molecule has 0 rings (SSSR count). The summed E-state index contributed by atoms with van der Waals surface area (Å²) in [7, 11) is 0. The molecule has 0 aromatic carbocycles. The van der Waals surface area contributed by atoms with Crippen LogP contribution in [0, 0.1) is 0 Å². The fourth-order valence-corrected chi connectivity index (χ4v) is 0. The Balaban J connectivity index is -0.00000000500. The van der Waals surface area contributed by atoms with Crippen molar-refractivity contribution in [3.8, 4) is 0 Å². The van der Waals surface area contributed by atoms with Gasteiger partial charge in [-0.2, -0.15) is 6.26 Å². The Bertz CT molecular complexity index is 6.00. The van der Waals surface area contributed by atoms with E-state index in [2.05, 4.69) is 12.6 Å². The number of hydrogen-bond donors (Lipinski definition) is 0. The van der Waals surface area contributed by atoms with Crippen LogP contribution in [0.3, 0.4) is 0 Å². The van der Waals surface area contributed by atoms with Crippen molar-refractivity contribution < 1.29 is 116 Å². The van der Waals surface area contributed by atoms with Gasteiger partial charge < -0.3 is 12.6 Å². The Kier molecular flexibility index (Phi) is 61.8. The Hall–Kier alpha value is 3.96. The van der Waals surface area contributed by atoms with Crippen LogP contribution in [-0.4, -0.2) is 6.26 Å². The van der Waals surface area contributed by atoms with E-state index in [4.69, 9.17) is 0 Å². The maximum Gasteiger partial charge on any atom is 1.00 e. The fraction of sp³-hybridized carbons (Fsp3) is 1.00. The molecule has 0 aliphatic rings. The first-order chi connectivity index (χ1) is 1.00. The third-order valence-electron chi connectivity index (χ3n) is 0. The van der Waals surface area contributed by atoms with Crippen LogP contribution < -0.4 is 116 Å². The first kappa shape index (κ1) is 15.7. The summed E-state index contributed by atoms with van der Waals surface area (Å²) >= 11 is 4.08. The molecule has 0 N–H and O–H groups in total. The average Bonchev–Trinajstić information content (AvgIpc) is 1.00. The van der Waals surface area contributed by atoms with Crippen molar-refractivity contribution in [1.82, 2.24) is 0 Å². The molecule has 0 nitrogen and oxygen atoms in total. The smallest absolute Gasteiger partial charge is 0.796 e. The van der Waals surface area contributed by atoms with Gasteiger partial charge in [-0.25, -0.2) is 0 Å². The third-order valence-corrected chi connectivity index (χ3v) is 0. The van der Waals surface area contributed by atoms with E-state index in [1.165, 1.54) is 0 Å². The van der Waals surface area contributed by atoms with E-state index in [1.807, 2.05) is 0 Å². The maximum absolute atomic E-state index is 4.08. The predicted octanol–water partition coefficient (Wildman–Crippen LogP) is -5.83. The minimum Gasteiger partial charge on any atom is -0.796 e. The van der Waals surface area contributed by atoms with Crippen LogP contribution >= 0.6 is 0 Å². The molecule has 0 radical (unpaired) electrons. The van der Waals surface area contributed by atoms with Crippen LogP contribution in [0.4, 0.5) is 0 Å². The van der Waals surface area contributed by atoms with Crippen LogP contribution in [0.25, 0.3) is 0 Å². The Morgan fingerprint density at radius 2 is 1.00 bits per heavy atom. The van der Waals surface area contributed by atoms with Gasteiger partial charge in [-0.3, -0.25) is 0 Å². The number of hydrogen-bond acceptors (Lipinski definition) is 1. The Morgan fingerprint density at radius 3 is 1.00 bits per heavy atom. The van der Waals surface area contributed by atoms with E-state index >= 15 is 0 Å². The first-order valence-electron chi connectivity index (χ1n) is 0.408. The molecule has 14 valence electrons. The van der Waals surface area contributed by atoms with Crippen molar-refractivity contribution in [2.75, 3.05) is 6.26 Å². The van der Waals surface area contributed by atoms with E-state index < -0.39 is 0 Å². The summed E-state index contributed by atoms with van der Waals surface area (Å²) in [6, 6.07) is 0. The summed E-state index contributed by atoms with van der Waals surface area (Å²) < 4.78 is 0. The molecule has 0 bridgehead atoms. The van der Waals surface area contributed by atoms with Gasteiger partial charge in [0, 0.05) is 0 Å². The normalized spacial score (nSPS) is 1.50. The molecule has 0 amide bonds. The molecule has 0 spiro atoms. The molecule has 0 heterocycles. The molecule has 0 atom stereocenters. The van der Waals surface area contributed by atoms with Gasteiger partial charge in [-0.15, -0.1) is 0 Å². The summed E-state index contributed by atoms with van der Waals surface area (Å²) in [5.41, 5.74) is 0. The zero-order chi connectivity index (χ0) is 2.00. The van der Waals surface area contributed by atoms with E-state index in [0.717, 1.165) is 0 Å². The topological polar surface area (TPSA) is 0 Å².